The van der Waals surface area contributed by atoms with Crippen LogP contribution in [0.15, 0.2) is 0 Å². The number of fused-ring (bicyclic) bond motifs is 1. The first-order chi connectivity index (χ1) is 7.98. The Hall–Kier alpha value is -0.130. The van der Waals surface area contributed by atoms with E-state index in [0.29, 0.717) is 6.61 Å². The van der Waals surface area contributed by atoms with E-state index in [1.807, 2.05) is 0 Å². The molecule has 1 aliphatic carbocycles. The van der Waals surface area contributed by atoms with Gasteiger partial charge in [-0.05, 0) is 31.6 Å². The molecule has 0 aromatic heterocycles. The fraction of sp³-hybridized carbons (Fsp3) is 1.00. The van der Waals surface area contributed by atoms with Gasteiger partial charge in [-0.1, -0.05) is 6.92 Å². The van der Waals surface area contributed by atoms with Gasteiger partial charge in [-0.15, -0.1) is 0 Å². The van der Waals surface area contributed by atoms with Crippen molar-refractivity contribution < 1.29 is 13.2 Å². The van der Waals surface area contributed by atoms with Crippen molar-refractivity contribution in [2.24, 2.45) is 5.92 Å². The molecule has 3 aliphatic rings. The smallest absolute Gasteiger partial charge is 0.154 e. The third-order valence-electron chi connectivity index (χ3n) is 4.60. The lowest BCUT2D eigenvalue weighted by Gasteiger charge is -2.46. The summed E-state index contributed by atoms with van der Waals surface area (Å²) in [6.45, 7) is 2.98. The highest BCUT2D eigenvalue weighted by atomic mass is 32.2. The lowest BCUT2D eigenvalue weighted by molar-refractivity contribution is -0.0577. The molecule has 98 valence electrons. The van der Waals surface area contributed by atoms with Crippen molar-refractivity contribution in [3.05, 3.63) is 0 Å². The Morgan fingerprint density at radius 1 is 1.24 bits per heavy atom. The van der Waals surface area contributed by atoms with E-state index in [0.717, 1.165) is 18.8 Å². The summed E-state index contributed by atoms with van der Waals surface area (Å²) in [6, 6.07) is 0.0298. The molecule has 3 rings (SSSR count). The van der Waals surface area contributed by atoms with Crippen LogP contribution in [0.1, 0.15) is 32.6 Å². The van der Waals surface area contributed by atoms with Crippen LogP contribution in [-0.4, -0.2) is 44.2 Å². The topological polar surface area (TPSA) is 55.4 Å². The lowest BCUT2D eigenvalue weighted by atomic mass is 9.76. The number of hydrogen-bond acceptors (Lipinski definition) is 4. The molecule has 0 radical (unpaired) electrons. The Kier molecular flexibility index (Phi) is 2.76. The Bertz CT molecular complexity index is 398. The lowest BCUT2D eigenvalue weighted by Crippen LogP contribution is -2.63. The van der Waals surface area contributed by atoms with Crippen LogP contribution in [0.4, 0.5) is 0 Å². The Morgan fingerprint density at radius 2 is 1.94 bits per heavy atom. The Morgan fingerprint density at radius 3 is 2.65 bits per heavy atom. The second-order valence-electron chi connectivity index (χ2n) is 6.14. The molecule has 2 atom stereocenters. The van der Waals surface area contributed by atoms with Crippen LogP contribution in [0.25, 0.3) is 0 Å². The summed E-state index contributed by atoms with van der Waals surface area (Å²) in [5.41, 5.74) is 0.0630. The summed E-state index contributed by atoms with van der Waals surface area (Å²) in [5.74, 6) is 1.26. The minimum Gasteiger partial charge on any atom is -0.374 e. The molecule has 0 bridgehead atoms. The largest absolute Gasteiger partial charge is 0.374 e. The molecule has 0 amide bonds. The number of sulfone groups is 1. The molecule has 2 unspecified atom stereocenters. The normalized spacial score (nSPS) is 49.1. The van der Waals surface area contributed by atoms with Crippen molar-refractivity contribution in [2.75, 3.05) is 18.1 Å². The van der Waals surface area contributed by atoms with Crippen LogP contribution in [0.2, 0.25) is 0 Å². The molecule has 0 aromatic carbocycles. The molecule has 17 heavy (non-hydrogen) atoms. The SMILES string of the molecule is CC1CCC2(CC1)COC1CS(=O)(=O)CC1N2. The third kappa shape index (κ3) is 2.25. The summed E-state index contributed by atoms with van der Waals surface area (Å²) < 4.78 is 29.0. The van der Waals surface area contributed by atoms with E-state index in [4.69, 9.17) is 4.74 Å². The molecule has 2 aliphatic heterocycles. The van der Waals surface area contributed by atoms with Crippen LogP contribution >= 0.6 is 0 Å². The van der Waals surface area contributed by atoms with E-state index < -0.39 is 9.84 Å². The molecular formula is C12H21NO3S. The summed E-state index contributed by atoms with van der Waals surface area (Å²) in [6.07, 6.45) is 4.58. The van der Waals surface area contributed by atoms with Crippen LogP contribution in [0.3, 0.4) is 0 Å². The van der Waals surface area contributed by atoms with Gasteiger partial charge >= 0.3 is 0 Å². The van der Waals surface area contributed by atoms with Crippen LogP contribution in [-0.2, 0) is 14.6 Å². The van der Waals surface area contributed by atoms with Gasteiger partial charge in [0.2, 0.25) is 0 Å². The van der Waals surface area contributed by atoms with Gasteiger partial charge in [-0.2, -0.15) is 0 Å². The quantitative estimate of drug-likeness (QED) is 0.696. The molecule has 2 heterocycles. The van der Waals surface area contributed by atoms with Crippen molar-refractivity contribution >= 4 is 9.84 Å². The average molecular weight is 259 g/mol. The van der Waals surface area contributed by atoms with E-state index in [2.05, 4.69) is 12.2 Å². The fourth-order valence-electron chi connectivity index (χ4n) is 3.42. The summed E-state index contributed by atoms with van der Waals surface area (Å²) >= 11 is 0. The first-order valence-corrected chi connectivity index (χ1v) is 8.40. The van der Waals surface area contributed by atoms with Gasteiger partial charge in [-0.25, -0.2) is 8.42 Å². The second-order valence-corrected chi connectivity index (χ2v) is 8.29. The zero-order valence-corrected chi connectivity index (χ0v) is 11.1. The minimum absolute atomic E-state index is 0.0298. The van der Waals surface area contributed by atoms with Crippen molar-refractivity contribution in [2.45, 2.75) is 50.3 Å². The molecule has 4 nitrogen and oxygen atoms in total. The highest BCUT2D eigenvalue weighted by Crippen LogP contribution is 2.36. The van der Waals surface area contributed by atoms with Crippen molar-refractivity contribution in [3.63, 3.8) is 0 Å². The number of morpholine rings is 1. The summed E-state index contributed by atoms with van der Waals surface area (Å²) in [5, 5.41) is 3.60. The van der Waals surface area contributed by atoms with Gasteiger partial charge < -0.3 is 10.1 Å². The monoisotopic (exact) mass is 259 g/mol. The molecule has 1 saturated carbocycles. The predicted octanol–water partition coefficient (Wildman–Crippen LogP) is 0.721. The first-order valence-electron chi connectivity index (χ1n) is 6.58. The fourth-order valence-corrected chi connectivity index (χ4v) is 5.23. The maximum Gasteiger partial charge on any atom is 0.154 e. The molecule has 1 N–H and O–H groups in total. The van der Waals surface area contributed by atoms with Crippen LogP contribution in [0, 0.1) is 5.92 Å². The molecule has 0 aromatic rings. The van der Waals surface area contributed by atoms with E-state index in [-0.39, 0.29) is 29.2 Å². The molecule has 2 saturated heterocycles. The van der Waals surface area contributed by atoms with Crippen LogP contribution in [0.5, 0.6) is 0 Å². The highest BCUT2D eigenvalue weighted by Gasteiger charge is 2.48. The maximum absolute atomic E-state index is 11.6. The van der Waals surface area contributed by atoms with E-state index in [1.165, 1.54) is 12.8 Å². The minimum atomic E-state index is -2.88. The third-order valence-corrected chi connectivity index (χ3v) is 6.30. The number of nitrogens with one attached hydrogen (secondary N) is 1. The maximum atomic E-state index is 11.6. The van der Waals surface area contributed by atoms with E-state index >= 15 is 0 Å². The van der Waals surface area contributed by atoms with Crippen molar-refractivity contribution in [3.8, 4) is 0 Å². The van der Waals surface area contributed by atoms with Gasteiger partial charge in [-0.3, -0.25) is 0 Å². The standard InChI is InChI=1S/C12H21NO3S/c1-9-2-4-12(5-3-9)8-16-11-7-17(14,15)6-10(11)13-12/h9-11,13H,2-8H2,1H3. The van der Waals surface area contributed by atoms with Gasteiger partial charge in [0, 0.05) is 11.6 Å². The van der Waals surface area contributed by atoms with Gasteiger partial charge in [0.15, 0.2) is 9.84 Å². The van der Waals surface area contributed by atoms with Crippen molar-refractivity contribution in [1.29, 1.82) is 0 Å². The molecule has 5 heteroatoms. The van der Waals surface area contributed by atoms with E-state index in [9.17, 15) is 8.42 Å². The van der Waals surface area contributed by atoms with Gasteiger partial charge in [0.25, 0.3) is 0 Å². The molecule has 3 fully saturated rings. The zero-order valence-electron chi connectivity index (χ0n) is 10.3. The number of rotatable bonds is 0. The predicted molar refractivity (Wildman–Crippen MR) is 65.7 cm³/mol. The van der Waals surface area contributed by atoms with Gasteiger partial charge in [0.05, 0.1) is 24.2 Å². The molecular weight excluding hydrogens is 238 g/mol. The summed E-state index contributed by atoms with van der Waals surface area (Å²) in [4.78, 5) is 0. The second kappa shape index (κ2) is 3.93. The number of ether oxygens (including phenoxy) is 1. The average Bonchev–Trinajstić information content (AvgIpc) is 2.56. The van der Waals surface area contributed by atoms with Crippen molar-refractivity contribution in [1.82, 2.24) is 5.32 Å². The highest BCUT2D eigenvalue weighted by molar-refractivity contribution is 7.91. The van der Waals surface area contributed by atoms with E-state index in [1.54, 1.807) is 0 Å². The first kappa shape index (κ1) is 11.9. The Balaban J connectivity index is 1.72. The summed E-state index contributed by atoms with van der Waals surface area (Å²) in [7, 11) is -2.88. The molecule has 1 spiro atoms. The Labute approximate surface area is 103 Å². The van der Waals surface area contributed by atoms with Gasteiger partial charge in [0.1, 0.15) is 0 Å². The van der Waals surface area contributed by atoms with Crippen LogP contribution < -0.4 is 5.32 Å². The zero-order chi connectivity index (χ0) is 12.1. The number of hydrogen-bond donors (Lipinski definition) is 1.